The van der Waals surface area contributed by atoms with Gasteiger partial charge in [0.1, 0.15) is 0 Å². The van der Waals surface area contributed by atoms with Crippen LogP contribution < -0.4 is 10.6 Å². The summed E-state index contributed by atoms with van der Waals surface area (Å²) in [6, 6.07) is 0.0191. The highest BCUT2D eigenvalue weighted by Crippen LogP contribution is 2.08. The molecule has 0 aliphatic carbocycles. The summed E-state index contributed by atoms with van der Waals surface area (Å²) in [5.74, 6) is 0.197. The summed E-state index contributed by atoms with van der Waals surface area (Å²) in [5.41, 5.74) is 0. The van der Waals surface area contributed by atoms with Crippen LogP contribution in [0, 0.1) is 0 Å². The molecule has 0 aromatic carbocycles. The lowest BCUT2D eigenvalue weighted by Gasteiger charge is -2.21. The SMILES string of the molecule is CCC(C)NC(=O)CCNC(C)C(=O)N1CCCC1. The van der Waals surface area contributed by atoms with E-state index in [1.165, 1.54) is 0 Å². The molecule has 0 aromatic rings. The molecule has 0 saturated carbocycles. The van der Waals surface area contributed by atoms with Crippen molar-refractivity contribution in [1.82, 2.24) is 15.5 Å². The summed E-state index contributed by atoms with van der Waals surface area (Å²) < 4.78 is 0. The predicted octanol–water partition coefficient (Wildman–Crippen LogP) is 0.892. The first-order chi connectivity index (χ1) is 9.04. The quantitative estimate of drug-likeness (QED) is 0.721. The highest BCUT2D eigenvalue weighted by Gasteiger charge is 2.22. The fraction of sp³-hybridized carbons (Fsp3) is 0.857. The summed E-state index contributed by atoms with van der Waals surface area (Å²) >= 11 is 0. The molecule has 1 heterocycles. The lowest BCUT2D eigenvalue weighted by Crippen LogP contribution is -2.44. The highest BCUT2D eigenvalue weighted by atomic mass is 16.2. The van der Waals surface area contributed by atoms with Crippen LogP contribution in [0.1, 0.15) is 46.5 Å². The van der Waals surface area contributed by atoms with Crippen molar-refractivity contribution in [2.45, 2.75) is 58.5 Å². The minimum absolute atomic E-state index is 0.0441. The largest absolute Gasteiger partial charge is 0.354 e. The highest BCUT2D eigenvalue weighted by molar-refractivity contribution is 5.82. The third-order valence-electron chi connectivity index (χ3n) is 3.61. The lowest BCUT2D eigenvalue weighted by molar-refractivity contribution is -0.132. The first kappa shape index (κ1) is 16.0. The topological polar surface area (TPSA) is 61.4 Å². The van der Waals surface area contributed by atoms with Crippen LogP contribution in [0.5, 0.6) is 0 Å². The number of carbonyl (C=O) groups is 2. The molecule has 0 aromatic heterocycles. The number of nitrogens with one attached hydrogen (secondary N) is 2. The van der Waals surface area contributed by atoms with E-state index in [4.69, 9.17) is 0 Å². The Morgan fingerprint density at radius 3 is 2.42 bits per heavy atom. The number of carbonyl (C=O) groups excluding carboxylic acids is 2. The molecule has 0 radical (unpaired) electrons. The minimum atomic E-state index is -0.200. The molecule has 5 nitrogen and oxygen atoms in total. The molecular weight excluding hydrogens is 242 g/mol. The number of hydrogen-bond donors (Lipinski definition) is 2. The Labute approximate surface area is 116 Å². The third-order valence-corrected chi connectivity index (χ3v) is 3.61. The second kappa shape index (κ2) is 8.15. The van der Waals surface area contributed by atoms with Crippen LogP contribution in [0.25, 0.3) is 0 Å². The first-order valence-electron chi connectivity index (χ1n) is 7.36. The van der Waals surface area contributed by atoms with Gasteiger partial charge >= 0.3 is 0 Å². The number of rotatable bonds is 7. The monoisotopic (exact) mass is 269 g/mol. The maximum atomic E-state index is 12.0. The van der Waals surface area contributed by atoms with Gasteiger partial charge < -0.3 is 15.5 Å². The van der Waals surface area contributed by atoms with Gasteiger partial charge in [0.05, 0.1) is 6.04 Å². The van der Waals surface area contributed by atoms with Crippen LogP contribution in [0.4, 0.5) is 0 Å². The van der Waals surface area contributed by atoms with Gasteiger partial charge in [0, 0.05) is 32.1 Å². The van der Waals surface area contributed by atoms with E-state index < -0.39 is 0 Å². The Kier molecular flexibility index (Phi) is 6.84. The molecule has 110 valence electrons. The maximum Gasteiger partial charge on any atom is 0.239 e. The van der Waals surface area contributed by atoms with Crippen molar-refractivity contribution < 1.29 is 9.59 Å². The van der Waals surface area contributed by atoms with Crippen LogP contribution in [0.3, 0.4) is 0 Å². The smallest absolute Gasteiger partial charge is 0.239 e. The number of nitrogens with zero attached hydrogens (tertiary/aromatic N) is 1. The molecule has 2 N–H and O–H groups in total. The predicted molar refractivity (Wildman–Crippen MR) is 75.8 cm³/mol. The fourth-order valence-corrected chi connectivity index (χ4v) is 2.15. The van der Waals surface area contributed by atoms with Crippen LogP contribution in [-0.4, -0.2) is 48.4 Å². The van der Waals surface area contributed by atoms with Gasteiger partial charge in [-0.3, -0.25) is 9.59 Å². The van der Waals surface area contributed by atoms with E-state index in [2.05, 4.69) is 10.6 Å². The minimum Gasteiger partial charge on any atom is -0.354 e. The molecule has 5 heteroatoms. The van der Waals surface area contributed by atoms with Crippen molar-refractivity contribution in [1.29, 1.82) is 0 Å². The van der Waals surface area contributed by atoms with Gasteiger partial charge in [-0.25, -0.2) is 0 Å². The van der Waals surface area contributed by atoms with Crippen molar-refractivity contribution in [3.05, 3.63) is 0 Å². The summed E-state index contributed by atoms with van der Waals surface area (Å²) in [7, 11) is 0. The molecule has 0 spiro atoms. The summed E-state index contributed by atoms with van der Waals surface area (Å²) in [4.78, 5) is 25.5. The molecule has 1 aliphatic rings. The molecule has 1 rings (SSSR count). The van der Waals surface area contributed by atoms with Crippen molar-refractivity contribution in [3.8, 4) is 0 Å². The zero-order valence-electron chi connectivity index (χ0n) is 12.4. The van der Waals surface area contributed by atoms with Gasteiger partial charge in [0.15, 0.2) is 0 Å². The number of likely N-dealkylation sites (tertiary alicyclic amines) is 1. The average Bonchev–Trinajstić information content (AvgIpc) is 2.91. The molecule has 19 heavy (non-hydrogen) atoms. The second-order valence-corrected chi connectivity index (χ2v) is 5.34. The van der Waals surface area contributed by atoms with Gasteiger partial charge in [0.25, 0.3) is 0 Å². The van der Waals surface area contributed by atoms with Crippen molar-refractivity contribution >= 4 is 11.8 Å². The zero-order valence-corrected chi connectivity index (χ0v) is 12.4. The van der Waals surface area contributed by atoms with Crippen molar-refractivity contribution in [2.24, 2.45) is 0 Å². The van der Waals surface area contributed by atoms with Gasteiger partial charge in [-0.2, -0.15) is 0 Å². The molecule has 2 amide bonds. The van der Waals surface area contributed by atoms with Crippen LogP contribution in [0.15, 0.2) is 0 Å². The van der Waals surface area contributed by atoms with E-state index in [0.717, 1.165) is 32.4 Å². The van der Waals surface area contributed by atoms with E-state index in [-0.39, 0.29) is 23.9 Å². The van der Waals surface area contributed by atoms with Crippen molar-refractivity contribution in [2.75, 3.05) is 19.6 Å². The van der Waals surface area contributed by atoms with E-state index in [1.54, 1.807) is 0 Å². The molecule has 1 saturated heterocycles. The fourth-order valence-electron chi connectivity index (χ4n) is 2.15. The Balaban J connectivity index is 2.17. The van der Waals surface area contributed by atoms with Crippen molar-refractivity contribution in [3.63, 3.8) is 0 Å². The van der Waals surface area contributed by atoms with E-state index in [0.29, 0.717) is 13.0 Å². The standard InChI is InChI=1S/C14H27N3O2/c1-4-11(2)16-13(18)7-8-15-12(3)14(19)17-9-5-6-10-17/h11-12,15H,4-10H2,1-3H3,(H,16,18). The summed E-state index contributed by atoms with van der Waals surface area (Å²) in [6.45, 7) is 8.19. The van der Waals surface area contributed by atoms with Crippen LogP contribution in [-0.2, 0) is 9.59 Å². The second-order valence-electron chi connectivity index (χ2n) is 5.34. The van der Waals surface area contributed by atoms with Gasteiger partial charge in [-0.15, -0.1) is 0 Å². The lowest BCUT2D eigenvalue weighted by atomic mass is 10.2. The van der Waals surface area contributed by atoms with Gasteiger partial charge in [-0.1, -0.05) is 6.92 Å². The van der Waals surface area contributed by atoms with E-state index >= 15 is 0 Å². The van der Waals surface area contributed by atoms with E-state index in [1.807, 2.05) is 25.7 Å². The third kappa shape index (κ3) is 5.59. The zero-order chi connectivity index (χ0) is 14.3. The summed E-state index contributed by atoms with van der Waals surface area (Å²) in [6.07, 6.45) is 3.57. The normalized spacial score (nSPS) is 18.2. The van der Waals surface area contributed by atoms with Gasteiger partial charge in [-0.05, 0) is 33.1 Å². The van der Waals surface area contributed by atoms with E-state index in [9.17, 15) is 9.59 Å². The molecule has 1 aliphatic heterocycles. The molecule has 2 unspecified atom stereocenters. The summed E-state index contributed by atoms with van der Waals surface area (Å²) in [5, 5.41) is 6.04. The molecule has 1 fully saturated rings. The van der Waals surface area contributed by atoms with Crippen LogP contribution >= 0.6 is 0 Å². The Hall–Kier alpha value is -1.10. The van der Waals surface area contributed by atoms with Crippen LogP contribution in [0.2, 0.25) is 0 Å². The molecule has 2 atom stereocenters. The molecule has 0 bridgehead atoms. The average molecular weight is 269 g/mol. The Morgan fingerprint density at radius 2 is 1.84 bits per heavy atom. The van der Waals surface area contributed by atoms with Gasteiger partial charge in [0.2, 0.25) is 11.8 Å². The Bertz CT molecular complexity index is 301. The number of amides is 2. The maximum absolute atomic E-state index is 12.0. The first-order valence-corrected chi connectivity index (χ1v) is 7.36. The molecular formula is C14H27N3O2. The Morgan fingerprint density at radius 1 is 1.21 bits per heavy atom. The number of hydrogen-bond acceptors (Lipinski definition) is 3.